The summed E-state index contributed by atoms with van der Waals surface area (Å²) in [6.45, 7) is 19.2. The third kappa shape index (κ3) is 3.48. The third-order valence-electron chi connectivity index (χ3n) is 13.0. The van der Waals surface area contributed by atoms with Crippen molar-refractivity contribution < 1.29 is 14.3 Å². The highest BCUT2D eigenvalue weighted by Gasteiger charge is 2.67. The molecule has 0 aliphatic heterocycles. The monoisotopic (exact) mass is 482 g/mol. The number of carbonyl (C=O) groups is 2. The van der Waals surface area contributed by atoms with E-state index in [0.717, 1.165) is 25.7 Å². The van der Waals surface area contributed by atoms with Crippen molar-refractivity contribution in [1.82, 2.24) is 0 Å². The molecule has 0 aromatic heterocycles. The standard InChI is InChI=1S/C32H50O3/c1-21(33)35-20-28(4)17-18-29(5)13-9-23-31(7)14-10-22-27(2,3)26(34)12-16-30(22,6)24(31)11-15-32(23,8)25(29)19-28/h9,22,24-25H,10-20H2,1-8H3/t22-,24+,25+,28+,29-,30-,31-,32+/m0/s1. The summed E-state index contributed by atoms with van der Waals surface area (Å²) in [7, 11) is 0. The van der Waals surface area contributed by atoms with Crippen molar-refractivity contribution in [3.63, 3.8) is 0 Å². The zero-order valence-corrected chi connectivity index (χ0v) is 23.8. The number of ketones is 1. The molecular weight excluding hydrogens is 432 g/mol. The fourth-order valence-corrected chi connectivity index (χ4v) is 11.0. The number of fused-ring (bicyclic) bond motifs is 7. The molecule has 5 rings (SSSR count). The van der Waals surface area contributed by atoms with Crippen LogP contribution in [0.2, 0.25) is 0 Å². The molecular formula is C32H50O3. The van der Waals surface area contributed by atoms with Crippen LogP contribution in [0.25, 0.3) is 0 Å². The Labute approximate surface area is 214 Å². The highest BCUT2D eigenvalue weighted by molar-refractivity contribution is 5.85. The van der Waals surface area contributed by atoms with E-state index in [4.69, 9.17) is 4.74 Å². The van der Waals surface area contributed by atoms with Crippen LogP contribution in [0.3, 0.4) is 0 Å². The van der Waals surface area contributed by atoms with Crippen LogP contribution in [0.5, 0.6) is 0 Å². The van der Waals surface area contributed by atoms with Gasteiger partial charge in [-0.3, -0.25) is 9.59 Å². The lowest BCUT2D eigenvalue weighted by molar-refractivity contribution is -0.170. The van der Waals surface area contributed by atoms with Crippen LogP contribution in [-0.4, -0.2) is 18.4 Å². The Balaban J connectivity index is 1.50. The summed E-state index contributed by atoms with van der Waals surface area (Å²) < 4.78 is 5.59. The highest BCUT2D eigenvalue weighted by atomic mass is 16.5. The van der Waals surface area contributed by atoms with Gasteiger partial charge in [-0.05, 0) is 97.2 Å². The number of ether oxygens (including phenoxy) is 1. The van der Waals surface area contributed by atoms with Gasteiger partial charge in [0.15, 0.2) is 0 Å². The van der Waals surface area contributed by atoms with Crippen molar-refractivity contribution in [3.05, 3.63) is 11.6 Å². The molecule has 196 valence electrons. The van der Waals surface area contributed by atoms with Crippen LogP contribution >= 0.6 is 0 Å². The molecule has 0 heterocycles. The Morgan fingerprint density at radius 1 is 0.886 bits per heavy atom. The number of rotatable bonds is 2. The van der Waals surface area contributed by atoms with Crippen molar-refractivity contribution >= 4 is 11.8 Å². The molecule has 0 unspecified atom stereocenters. The number of allylic oxidation sites excluding steroid dienone is 2. The molecule has 3 heteroatoms. The van der Waals surface area contributed by atoms with Crippen molar-refractivity contribution in [2.24, 2.45) is 50.2 Å². The second kappa shape index (κ2) is 7.70. The maximum atomic E-state index is 12.9. The number of hydrogen-bond donors (Lipinski definition) is 0. The fourth-order valence-electron chi connectivity index (χ4n) is 11.0. The number of carbonyl (C=O) groups excluding carboxylic acids is 2. The molecule has 0 spiro atoms. The van der Waals surface area contributed by atoms with Crippen molar-refractivity contribution in [2.45, 2.75) is 120 Å². The SMILES string of the molecule is CC(=O)OC[C@]1(C)CC[C@]2(C)CC=C3[C@]4(C)CC[C@H]5C(C)(C)C(=O)CC[C@]5(C)[C@H]4CC[C@@]3(C)[C@@H]2C1. The summed E-state index contributed by atoms with van der Waals surface area (Å²) in [6.07, 6.45) is 14.2. The molecule has 0 aromatic rings. The minimum atomic E-state index is -0.184. The summed E-state index contributed by atoms with van der Waals surface area (Å²) in [6, 6.07) is 0. The molecule has 4 saturated carbocycles. The molecule has 0 N–H and O–H groups in total. The topological polar surface area (TPSA) is 43.4 Å². The van der Waals surface area contributed by atoms with E-state index < -0.39 is 0 Å². The zero-order chi connectivity index (χ0) is 25.7. The van der Waals surface area contributed by atoms with Gasteiger partial charge in [-0.2, -0.15) is 0 Å². The maximum Gasteiger partial charge on any atom is 0.302 e. The summed E-state index contributed by atoms with van der Waals surface area (Å²) in [5.41, 5.74) is 2.71. The van der Waals surface area contributed by atoms with Crippen LogP contribution in [0.15, 0.2) is 11.6 Å². The van der Waals surface area contributed by atoms with Crippen LogP contribution < -0.4 is 0 Å². The number of hydrogen-bond acceptors (Lipinski definition) is 3. The summed E-state index contributed by atoms with van der Waals surface area (Å²) in [5.74, 6) is 2.15. The molecule has 35 heavy (non-hydrogen) atoms. The van der Waals surface area contributed by atoms with E-state index >= 15 is 0 Å². The van der Waals surface area contributed by atoms with Crippen LogP contribution in [-0.2, 0) is 14.3 Å². The molecule has 0 aromatic carbocycles. The van der Waals surface area contributed by atoms with E-state index in [9.17, 15) is 9.59 Å². The molecule has 0 bridgehead atoms. The molecule has 5 aliphatic carbocycles. The smallest absolute Gasteiger partial charge is 0.302 e. The lowest BCUT2D eigenvalue weighted by Crippen LogP contribution is -2.62. The van der Waals surface area contributed by atoms with Gasteiger partial charge in [0.25, 0.3) is 0 Å². The Kier molecular flexibility index (Phi) is 5.62. The summed E-state index contributed by atoms with van der Waals surface area (Å²) in [5, 5.41) is 0. The lowest BCUT2D eigenvalue weighted by atomic mass is 9.35. The van der Waals surface area contributed by atoms with Crippen LogP contribution in [0.1, 0.15) is 120 Å². The summed E-state index contributed by atoms with van der Waals surface area (Å²) in [4.78, 5) is 24.6. The Morgan fingerprint density at radius 3 is 2.17 bits per heavy atom. The lowest BCUT2D eigenvalue weighted by Gasteiger charge is -2.69. The Morgan fingerprint density at radius 2 is 1.51 bits per heavy atom. The quantitative estimate of drug-likeness (QED) is 0.296. The highest BCUT2D eigenvalue weighted by Crippen LogP contribution is 2.74. The third-order valence-corrected chi connectivity index (χ3v) is 13.0. The van der Waals surface area contributed by atoms with Crippen molar-refractivity contribution in [3.8, 4) is 0 Å². The minimum absolute atomic E-state index is 0.0798. The van der Waals surface area contributed by atoms with Gasteiger partial charge >= 0.3 is 5.97 Å². The average Bonchev–Trinajstić information content (AvgIpc) is 2.76. The van der Waals surface area contributed by atoms with Gasteiger partial charge in [0.1, 0.15) is 5.78 Å². The van der Waals surface area contributed by atoms with Gasteiger partial charge in [0, 0.05) is 24.2 Å². The van der Waals surface area contributed by atoms with Crippen molar-refractivity contribution in [1.29, 1.82) is 0 Å². The Hall–Kier alpha value is -1.12. The van der Waals surface area contributed by atoms with E-state index in [2.05, 4.69) is 54.5 Å². The van der Waals surface area contributed by atoms with E-state index in [1.165, 1.54) is 45.4 Å². The first kappa shape index (κ1) is 25.5. The second-order valence-corrected chi connectivity index (χ2v) is 15.5. The average molecular weight is 483 g/mol. The van der Waals surface area contributed by atoms with E-state index in [0.29, 0.717) is 35.6 Å². The molecule has 0 radical (unpaired) electrons. The van der Waals surface area contributed by atoms with Crippen LogP contribution in [0, 0.1) is 50.2 Å². The fraction of sp³-hybridized carbons (Fsp3) is 0.875. The largest absolute Gasteiger partial charge is 0.465 e. The van der Waals surface area contributed by atoms with E-state index in [-0.39, 0.29) is 33.0 Å². The van der Waals surface area contributed by atoms with Gasteiger partial charge in [-0.25, -0.2) is 0 Å². The first-order chi connectivity index (χ1) is 16.1. The first-order valence-electron chi connectivity index (χ1n) is 14.5. The van der Waals surface area contributed by atoms with Gasteiger partial charge in [0.05, 0.1) is 6.61 Å². The Bertz CT molecular complexity index is 962. The molecule has 8 atom stereocenters. The van der Waals surface area contributed by atoms with Crippen LogP contribution in [0.4, 0.5) is 0 Å². The maximum absolute atomic E-state index is 12.9. The first-order valence-corrected chi connectivity index (χ1v) is 14.5. The van der Waals surface area contributed by atoms with Gasteiger partial charge in [-0.15, -0.1) is 0 Å². The van der Waals surface area contributed by atoms with Crippen molar-refractivity contribution in [2.75, 3.05) is 6.61 Å². The number of esters is 1. The van der Waals surface area contributed by atoms with E-state index in [1.54, 1.807) is 5.57 Å². The molecule has 5 aliphatic rings. The molecule has 3 nitrogen and oxygen atoms in total. The van der Waals surface area contributed by atoms with Gasteiger partial charge < -0.3 is 4.74 Å². The molecule has 0 amide bonds. The summed E-state index contributed by atoms with van der Waals surface area (Å²) >= 11 is 0. The minimum Gasteiger partial charge on any atom is -0.465 e. The predicted octanol–water partition coefficient (Wildman–Crippen LogP) is 7.92. The number of Topliss-reactive ketones (excluding diaryl/α,β-unsaturated/α-hetero) is 1. The molecule has 0 saturated heterocycles. The zero-order valence-electron chi connectivity index (χ0n) is 23.8. The van der Waals surface area contributed by atoms with E-state index in [1.807, 2.05) is 0 Å². The van der Waals surface area contributed by atoms with Gasteiger partial charge in [-0.1, -0.05) is 60.1 Å². The second-order valence-electron chi connectivity index (χ2n) is 15.5. The normalized spacial score (nSPS) is 50.7. The van der Waals surface area contributed by atoms with Gasteiger partial charge in [0.2, 0.25) is 0 Å². The predicted molar refractivity (Wildman–Crippen MR) is 141 cm³/mol. The molecule has 4 fully saturated rings.